The first-order valence-electron chi connectivity index (χ1n) is 14.5. The first kappa shape index (κ1) is 28.4. The molecule has 1 heterocycles. The van der Waals surface area contributed by atoms with E-state index in [9.17, 15) is 0 Å². The number of hydrogen-bond donors (Lipinski definition) is 0. The van der Waals surface area contributed by atoms with Crippen molar-refractivity contribution >= 4 is 0 Å². The van der Waals surface area contributed by atoms with E-state index in [2.05, 4.69) is 43.0 Å². The van der Waals surface area contributed by atoms with Gasteiger partial charge in [-0.3, -0.25) is 0 Å². The summed E-state index contributed by atoms with van der Waals surface area (Å²) in [6, 6.07) is 0. The quantitative estimate of drug-likeness (QED) is 0.148. The zero-order valence-electron chi connectivity index (χ0n) is 21.9. The van der Waals surface area contributed by atoms with Crippen LogP contribution in [0.25, 0.3) is 0 Å². The number of hydrogen-bond acceptors (Lipinski definition) is 2. The second-order valence-electron chi connectivity index (χ2n) is 10.1. The first-order chi connectivity index (χ1) is 15.3. The van der Waals surface area contributed by atoms with Crippen LogP contribution in [-0.4, -0.2) is 29.1 Å². The summed E-state index contributed by atoms with van der Waals surface area (Å²) in [5.41, 5.74) is 0. The maximum atomic E-state index is 2.68. The van der Waals surface area contributed by atoms with Gasteiger partial charge in [0.15, 0.2) is 0 Å². The van der Waals surface area contributed by atoms with Crippen LogP contribution in [0.3, 0.4) is 0 Å². The molecule has 1 aliphatic heterocycles. The van der Waals surface area contributed by atoms with Crippen LogP contribution in [-0.2, 0) is 0 Å². The zero-order chi connectivity index (χ0) is 22.4. The summed E-state index contributed by atoms with van der Waals surface area (Å²) in [6.07, 6.45) is 35.0. The Labute approximate surface area is 197 Å². The van der Waals surface area contributed by atoms with Gasteiger partial charge >= 0.3 is 0 Å². The smallest absolute Gasteiger partial charge is 0.101 e. The van der Waals surface area contributed by atoms with Crippen LogP contribution >= 0.6 is 0 Å². The van der Waals surface area contributed by atoms with Crippen LogP contribution in [0.1, 0.15) is 156 Å². The van der Waals surface area contributed by atoms with E-state index in [0.717, 1.165) is 0 Å². The molecule has 0 spiro atoms. The van der Waals surface area contributed by atoms with Crippen molar-refractivity contribution in [1.82, 2.24) is 9.80 Å². The average molecular weight is 435 g/mol. The Kier molecular flexibility index (Phi) is 19.4. The SMILES string of the molecule is CCCCCCCCCCCC1N(CCCCCC)C=CN1CCCCCCCCC. The molecule has 0 aliphatic carbocycles. The minimum Gasteiger partial charge on any atom is -0.356 e. The van der Waals surface area contributed by atoms with Gasteiger partial charge in [-0.05, 0) is 25.7 Å². The Balaban J connectivity index is 2.25. The van der Waals surface area contributed by atoms with E-state index in [1.807, 2.05) is 0 Å². The Morgan fingerprint density at radius 1 is 0.419 bits per heavy atom. The van der Waals surface area contributed by atoms with Gasteiger partial charge in [-0.1, -0.05) is 130 Å². The highest BCUT2D eigenvalue weighted by Gasteiger charge is 2.24. The summed E-state index contributed by atoms with van der Waals surface area (Å²) < 4.78 is 0. The normalized spacial score (nSPS) is 16.0. The molecule has 0 N–H and O–H groups in total. The van der Waals surface area contributed by atoms with E-state index < -0.39 is 0 Å². The molecule has 2 nitrogen and oxygen atoms in total. The molecule has 2 heteroatoms. The average Bonchev–Trinajstić information content (AvgIpc) is 3.16. The Hall–Kier alpha value is -0.660. The van der Waals surface area contributed by atoms with E-state index in [1.165, 1.54) is 148 Å². The molecule has 1 aliphatic rings. The number of rotatable bonds is 23. The minimum atomic E-state index is 0.645. The third-order valence-electron chi connectivity index (χ3n) is 7.07. The molecule has 0 fully saturated rings. The minimum absolute atomic E-state index is 0.645. The standard InChI is InChI=1S/C29H58N2/c1-4-7-10-13-15-16-17-19-21-24-29-30(25-22-12-9-6-3)27-28-31(29)26-23-20-18-14-11-8-5-2/h27-29H,4-26H2,1-3H3. The lowest BCUT2D eigenvalue weighted by Crippen LogP contribution is -2.39. The molecular weight excluding hydrogens is 376 g/mol. The third kappa shape index (κ3) is 14.9. The molecule has 184 valence electrons. The van der Waals surface area contributed by atoms with E-state index in [1.54, 1.807) is 0 Å². The molecule has 0 amide bonds. The zero-order valence-corrected chi connectivity index (χ0v) is 21.9. The van der Waals surface area contributed by atoms with Crippen molar-refractivity contribution in [2.45, 2.75) is 162 Å². The van der Waals surface area contributed by atoms with Crippen LogP contribution in [0.4, 0.5) is 0 Å². The van der Waals surface area contributed by atoms with Crippen molar-refractivity contribution in [2.24, 2.45) is 0 Å². The highest BCUT2D eigenvalue weighted by atomic mass is 15.4. The van der Waals surface area contributed by atoms with E-state index in [-0.39, 0.29) is 0 Å². The second kappa shape index (κ2) is 21.2. The fraction of sp³-hybridized carbons (Fsp3) is 0.931. The van der Waals surface area contributed by atoms with E-state index >= 15 is 0 Å². The summed E-state index contributed by atoms with van der Waals surface area (Å²) in [4.78, 5) is 5.35. The maximum absolute atomic E-state index is 2.68. The summed E-state index contributed by atoms with van der Waals surface area (Å²) in [7, 11) is 0. The molecule has 0 aromatic heterocycles. The predicted octanol–water partition coefficient (Wildman–Crippen LogP) is 9.65. The fourth-order valence-corrected chi connectivity index (χ4v) is 4.95. The van der Waals surface area contributed by atoms with E-state index in [4.69, 9.17) is 0 Å². The fourth-order valence-electron chi connectivity index (χ4n) is 4.95. The number of nitrogens with zero attached hydrogens (tertiary/aromatic N) is 2. The predicted molar refractivity (Wildman–Crippen MR) is 140 cm³/mol. The van der Waals surface area contributed by atoms with Crippen LogP contribution in [0.5, 0.6) is 0 Å². The molecule has 0 radical (unpaired) electrons. The highest BCUT2D eigenvalue weighted by molar-refractivity contribution is 4.97. The maximum Gasteiger partial charge on any atom is 0.101 e. The Morgan fingerprint density at radius 2 is 0.742 bits per heavy atom. The van der Waals surface area contributed by atoms with Crippen LogP contribution in [0, 0.1) is 0 Å². The van der Waals surface area contributed by atoms with Gasteiger partial charge in [-0.25, -0.2) is 0 Å². The first-order valence-corrected chi connectivity index (χ1v) is 14.5. The van der Waals surface area contributed by atoms with Crippen LogP contribution in [0.2, 0.25) is 0 Å². The molecule has 0 aromatic carbocycles. The van der Waals surface area contributed by atoms with Gasteiger partial charge < -0.3 is 9.80 Å². The molecule has 0 bridgehead atoms. The van der Waals surface area contributed by atoms with Crippen molar-refractivity contribution in [1.29, 1.82) is 0 Å². The van der Waals surface area contributed by atoms with Crippen molar-refractivity contribution in [2.75, 3.05) is 13.1 Å². The van der Waals surface area contributed by atoms with Gasteiger partial charge in [0.2, 0.25) is 0 Å². The van der Waals surface area contributed by atoms with Gasteiger partial charge in [0.25, 0.3) is 0 Å². The van der Waals surface area contributed by atoms with Crippen molar-refractivity contribution < 1.29 is 0 Å². The second-order valence-corrected chi connectivity index (χ2v) is 10.1. The Bertz CT molecular complexity index is 392. The molecule has 0 saturated heterocycles. The molecule has 31 heavy (non-hydrogen) atoms. The van der Waals surface area contributed by atoms with Crippen molar-refractivity contribution in [3.8, 4) is 0 Å². The summed E-state index contributed by atoms with van der Waals surface area (Å²) in [5, 5.41) is 0. The molecular formula is C29H58N2. The summed E-state index contributed by atoms with van der Waals surface area (Å²) >= 11 is 0. The highest BCUT2D eigenvalue weighted by Crippen LogP contribution is 2.23. The van der Waals surface area contributed by atoms with Crippen molar-refractivity contribution in [3.63, 3.8) is 0 Å². The van der Waals surface area contributed by atoms with Crippen molar-refractivity contribution in [3.05, 3.63) is 12.4 Å². The number of unbranched alkanes of at least 4 members (excludes halogenated alkanes) is 17. The van der Waals surface area contributed by atoms with Gasteiger partial charge in [0, 0.05) is 25.5 Å². The lowest BCUT2D eigenvalue weighted by Gasteiger charge is -2.33. The van der Waals surface area contributed by atoms with Gasteiger partial charge in [0.1, 0.15) is 6.17 Å². The third-order valence-corrected chi connectivity index (χ3v) is 7.07. The molecule has 0 aromatic rings. The van der Waals surface area contributed by atoms with Gasteiger partial charge in [0.05, 0.1) is 0 Å². The van der Waals surface area contributed by atoms with Gasteiger partial charge in [-0.15, -0.1) is 0 Å². The summed E-state index contributed by atoms with van der Waals surface area (Å²) in [5.74, 6) is 0. The Morgan fingerprint density at radius 3 is 1.16 bits per heavy atom. The largest absolute Gasteiger partial charge is 0.356 e. The topological polar surface area (TPSA) is 6.48 Å². The lowest BCUT2D eigenvalue weighted by atomic mass is 10.1. The molecule has 0 saturated carbocycles. The van der Waals surface area contributed by atoms with Crippen LogP contribution < -0.4 is 0 Å². The van der Waals surface area contributed by atoms with Gasteiger partial charge in [-0.2, -0.15) is 0 Å². The molecule has 1 rings (SSSR count). The lowest BCUT2D eigenvalue weighted by molar-refractivity contribution is 0.135. The molecule has 1 unspecified atom stereocenters. The monoisotopic (exact) mass is 434 g/mol. The summed E-state index contributed by atoms with van der Waals surface area (Å²) in [6.45, 7) is 9.44. The van der Waals surface area contributed by atoms with E-state index in [0.29, 0.717) is 6.17 Å². The molecule has 1 atom stereocenters. The van der Waals surface area contributed by atoms with Crippen LogP contribution in [0.15, 0.2) is 12.4 Å².